The second-order valence-electron chi connectivity index (χ2n) is 11.0. The molecular formula is C25H33F3N6O3. The molecule has 37 heavy (non-hydrogen) atoms. The maximum atomic E-state index is 15.0. The van der Waals surface area contributed by atoms with E-state index in [0.717, 1.165) is 0 Å². The molecule has 0 bridgehead atoms. The van der Waals surface area contributed by atoms with E-state index in [1.54, 1.807) is 12.3 Å². The molecule has 3 heterocycles. The summed E-state index contributed by atoms with van der Waals surface area (Å²) in [6, 6.07) is -0.491. The zero-order valence-corrected chi connectivity index (χ0v) is 21.3. The van der Waals surface area contributed by atoms with Crippen LogP contribution >= 0.6 is 0 Å². The summed E-state index contributed by atoms with van der Waals surface area (Å²) in [7, 11) is 0. The molecule has 2 amide bonds. The molecule has 1 N–H and O–H groups in total. The van der Waals surface area contributed by atoms with Crippen LogP contribution in [0, 0.1) is 0 Å². The first kappa shape index (κ1) is 25.7. The minimum atomic E-state index is -3.12. The lowest BCUT2D eigenvalue weighted by atomic mass is 9.79. The molecule has 0 unspecified atom stereocenters. The van der Waals surface area contributed by atoms with Crippen LogP contribution in [0.3, 0.4) is 0 Å². The van der Waals surface area contributed by atoms with Crippen molar-refractivity contribution in [1.82, 2.24) is 30.3 Å². The molecule has 2 aliphatic carbocycles. The lowest BCUT2D eigenvalue weighted by molar-refractivity contribution is -0.0993. The van der Waals surface area contributed by atoms with Gasteiger partial charge in [0.1, 0.15) is 24.1 Å². The SMILES string of the molecule is CC(C)c1nccc(O[C@H]2CCCC(F)(F)[C@@H]2NC(=O)N2CCC(C)(c3noc([C@@H]4C[C@@H]4F)n3)CC2)n1. The number of likely N-dealkylation sites (tertiary alicyclic amines) is 1. The van der Waals surface area contributed by atoms with Gasteiger partial charge in [0, 0.05) is 43.1 Å². The number of urea groups is 1. The number of carbonyl (C=O) groups is 1. The van der Waals surface area contributed by atoms with Crippen LogP contribution in [0.25, 0.3) is 0 Å². The summed E-state index contributed by atoms with van der Waals surface area (Å²) >= 11 is 0. The Morgan fingerprint density at radius 1 is 1.24 bits per heavy atom. The molecule has 12 heteroatoms. The maximum absolute atomic E-state index is 15.0. The van der Waals surface area contributed by atoms with Crippen molar-refractivity contribution in [2.45, 2.75) is 101 Å². The number of halogens is 3. The first-order valence-corrected chi connectivity index (χ1v) is 13.0. The minimum absolute atomic E-state index is 0.0602. The molecule has 2 saturated carbocycles. The Bertz CT molecular complexity index is 1120. The molecule has 0 radical (unpaired) electrons. The molecular weight excluding hydrogens is 489 g/mol. The minimum Gasteiger partial charge on any atom is -0.472 e. The van der Waals surface area contributed by atoms with Crippen molar-refractivity contribution in [3.05, 3.63) is 29.8 Å². The third kappa shape index (κ3) is 5.38. The van der Waals surface area contributed by atoms with Gasteiger partial charge in [-0.25, -0.2) is 22.9 Å². The van der Waals surface area contributed by atoms with E-state index in [2.05, 4.69) is 25.4 Å². The number of carbonyl (C=O) groups excluding carboxylic acids is 1. The van der Waals surface area contributed by atoms with Crippen LogP contribution in [-0.2, 0) is 5.41 Å². The zero-order valence-electron chi connectivity index (χ0n) is 21.3. The summed E-state index contributed by atoms with van der Waals surface area (Å²) in [5.41, 5.74) is -0.444. The number of rotatable bonds is 6. The second-order valence-corrected chi connectivity index (χ2v) is 11.0. The van der Waals surface area contributed by atoms with E-state index < -0.39 is 35.7 Å². The first-order valence-electron chi connectivity index (χ1n) is 13.0. The van der Waals surface area contributed by atoms with Gasteiger partial charge in [-0.15, -0.1) is 0 Å². The Kier molecular flexibility index (Phi) is 6.78. The number of hydrogen-bond donors (Lipinski definition) is 1. The topological polar surface area (TPSA) is 106 Å². The molecule has 2 aromatic rings. The van der Waals surface area contributed by atoms with E-state index in [1.807, 2.05) is 20.8 Å². The molecule has 1 aliphatic heterocycles. The largest absolute Gasteiger partial charge is 0.472 e. The Labute approximate surface area is 213 Å². The van der Waals surface area contributed by atoms with E-state index in [1.165, 1.54) is 4.90 Å². The van der Waals surface area contributed by atoms with Gasteiger partial charge in [-0.1, -0.05) is 25.9 Å². The summed E-state index contributed by atoms with van der Waals surface area (Å²) in [5.74, 6) is -1.77. The smallest absolute Gasteiger partial charge is 0.317 e. The van der Waals surface area contributed by atoms with Gasteiger partial charge in [0.05, 0.1) is 5.92 Å². The second kappa shape index (κ2) is 9.75. The van der Waals surface area contributed by atoms with Gasteiger partial charge in [-0.3, -0.25) is 0 Å². The van der Waals surface area contributed by atoms with Gasteiger partial charge in [-0.2, -0.15) is 9.97 Å². The fraction of sp³-hybridized carbons (Fsp3) is 0.720. The summed E-state index contributed by atoms with van der Waals surface area (Å²) in [4.78, 5) is 27.6. The number of alkyl halides is 3. The predicted molar refractivity (Wildman–Crippen MR) is 126 cm³/mol. The van der Waals surface area contributed by atoms with Crippen molar-refractivity contribution in [2.75, 3.05) is 13.1 Å². The number of nitrogens with one attached hydrogen (secondary N) is 1. The monoisotopic (exact) mass is 522 g/mol. The normalized spacial score (nSPS) is 28.7. The highest BCUT2D eigenvalue weighted by Gasteiger charge is 2.50. The quantitative estimate of drug-likeness (QED) is 0.595. The Morgan fingerprint density at radius 2 is 1.97 bits per heavy atom. The van der Waals surface area contributed by atoms with Gasteiger partial charge >= 0.3 is 6.03 Å². The van der Waals surface area contributed by atoms with E-state index in [4.69, 9.17) is 9.26 Å². The molecule has 1 saturated heterocycles. The average molecular weight is 523 g/mol. The van der Waals surface area contributed by atoms with Crippen molar-refractivity contribution in [2.24, 2.45) is 0 Å². The van der Waals surface area contributed by atoms with Crippen LogP contribution < -0.4 is 10.1 Å². The third-order valence-corrected chi connectivity index (χ3v) is 7.71. The predicted octanol–water partition coefficient (Wildman–Crippen LogP) is 4.51. The Morgan fingerprint density at radius 3 is 2.65 bits per heavy atom. The number of aromatic nitrogens is 4. The number of piperidine rings is 1. The van der Waals surface area contributed by atoms with Gasteiger partial charge in [0.15, 0.2) is 5.82 Å². The molecule has 3 aliphatic rings. The number of nitrogens with zero attached hydrogens (tertiary/aromatic N) is 5. The van der Waals surface area contributed by atoms with Crippen LogP contribution in [0.5, 0.6) is 5.88 Å². The molecule has 0 aromatic carbocycles. The molecule has 3 fully saturated rings. The Balaban J connectivity index is 1.22. The van der Waals surface area contributed by atoms with Gasteiger partial charge in [0.25, 0.3) is 5.92 Å². The van der Waals surface area contributed by atoms with E-state index in [9.17, 15) is 9.18 Å². The van der Waals surface area contributed by atoms with Crippen LogP contribution in [0.15, 0.2) is 16.8 Å². The summed E-state index contributed by atoms with van der Waals surface area (Å²) < 4.78 is 54.5. The lowest BCUT2D eigenvalue weighted by Gasteiger charge is -2.41. The fourth-order valence-corrected chi connectivity index (χ4v) is 5.02. The molecule has 202 valence electrons. The van der Waals surface area contributed by atoms with E-state index in [-0.39, 0.29) is 30.6 Å². The van der Waals surface area contributed by atoms with Gasteiger partial charge < -0.3 is 19.5 Å². The fourth-order valence-electron chi connectivity index (χ4n) is 5.02. The standard InChI is InChI=1S/C25H33F3N6O3/c1-14(2)20-29-10-6-18(30-20)36-17-5-4-7-25(27,28)19(17)31-23(35)34-11-8-24(3,9-12-34)22-32-21(37-33-22)15-13-16(15)26/h6,10,14-17,19H,4-5,7-9,11-13H2,1-3H3,(H,31,35)/t15-,16+,17+,19-/m1/s1. The zero-order chi connectivity index (χ0) is 26.4. The van der Waals surface area contributed by atoms with Crippen LogP contribution in [0.1, 0.15) is 88.7 Å². The van der Waals surface area contributed by atoms with E-state index >= 15 is 8.78 Å². The highest BCUT2D eigenvalue weighted by atomic mass is 19.3. The maximum Gasteiger partial charge on any atom is 0.317 e. The third-order valence-electron chi connectivity index (χ3n) is 7.71. The summed E-state index contributed by atoms with van der Waals surface area (Å²) in [6.45, 7) is 6.53. The number of ether oxygens (including phenoxy) is 1. The van der Waals surface area contributed by atoms with Crippen molar-refractivity contribution in [1.29, 1.82) is 0 Å². The highest BCUT2D eigenvalue weighted by molar-refractivity contribution is 5.75. The first-order chi connectivity index (χ1) is 17.6. The number of amides is 2. The van der Waals surface area contributed by atoms with Gasteiger partial charge in [-0.05, 0) is 32.1 Å². The lowest BCUT2D eigenvalue weighted by Crippen LogP contribution is -2.61. The molecule has 2 aromatic heterocycles. The summed E-state index contributed by atoms with van der Waals surface area (Å²) in [5, 5.41) is 6.62. The molecule has 9 nitrogen and oxygen atoms in total. The van der Waals surface area contributed by atoms with Crippen molar-refractivity contribution >= 4 is 6.03 Å². The van der Waals surface area contributed by atoms with Crippen molar-refractivity contribution < 1.29 is 27.2 Å². The van der Waals surface area contributed by atoms with Gasteiger partial charge in [0.2, 0.25) is 11.8 Å². The molecule has 4 atom stereocenters. The average Bonchev–Trinajstić information content (AvgIpc) is 3.37. The molecule has 0 spiro atoms. The van der Waals surface area contributed by atoms with Crippen LogP contribution in [0.4, 0.5) is 18.0 Å². The highest BCUT2D eigenvalue weighted by Crippen LogP contribution is 2.44. The van der Waals surface area contributed by atoms with Crippen LogP contribution in [-0.4, -0.2) is 68.4 Å². The van der Waals surface area contributed by atoms with Crippen molar-refractivity contribution in [3.8, 4) is 5.88 Å². The number of hydrogen-bond acceptors (Lipinski definition) is 7. The van der Waals surface area contributed by atoms with E-state index in [0.29, 0.717) is 56.3 Å². The Hall–Kier alpha value is -2.92. The molecule has 5 rings (SSSR count). The summed E-state index contributed by atoms with van der Waals surface area (Å²) in [6.07, 6.45) is 1.50. The van der Waals surface area contributed by atoms with Crippen molar-refractivity contribution in [3.63, 3.8) is 0 Å². The van der Waals surface area contributed by atoms with Crippen LogP contribution in [0.2, 0.25) is 0 Å².